The van der Waals surface area contributed by atoms with Crippen LogP contribution in [0.4, 0.5) is 5.82 Å². The molecule has 4 rings (SSSR count). The number of anilines is 1. The zero-order chi connectivity index (χ0) is 17.9. The summed E-state index contributed by atoms with van der Waals surface area (Å²) in [7, 11) is 1.66. The second-order valence-electron chi connectivity index (χ2n) is 5.84. The molecule has 6 heteroatoms. The second-order valence-corrected chi connectivity index (χ2v) is 6.25. The Kier molecular flexibility index (Phi) is 4.46. The van der Waals surface area contributed by atoms with Gasteiger partial charge >= 0.3 is 0 Å². The second kappa shape index (κ2) is 7.06. The Morgan fingerprint density at radius 2 is 1.88 bits per heavy atom. The van der Waals surface area contributed by atoms with Crippen LogP contribution in [0.15, 0.2) is 60.9 Å². The fourth-order valence-electron chi connectivity index (χ4n) is 2.83. The van der Waals surface area contributed by atoms with Gasteiger partial charge in [0.05, 0.1) is 12.5 Å². The van der Waals surface area contributed by atoms with Crippen LogP contribution in [0, 0.1) is 0 Å². The molecule has 0 radical (unpaired) electrons. The first kappa shape index (κ1) is 16.4. The first-order chi connectivity index (χ1) is 12.7. The predicted octanol–water partition coefficient (Wildman–Crippen LogP) is 4.90. The number of halogens is 1. The number of benzene rings is 2. The number of rotatable bonds is 5. The number of hydrogen-bond donors (Lipinski definition) is 2. The van der Waals surface area contributed by atoms with E-state index in [1.54, 1.807) is 13.4 Å². The van der Waals surface area contributed by atoms with Gasteiger partial charge in [0.1, 0.15) is 23.5 Å². The predicted molar refractivity (Wildman–Crippen MR) is 105 cm³/mol. The van der Waals surface area contributed by atoms with E-state index in [0.29, 0.717) is 6.54 Å². The molecule has 4 aromatic rings. The molecule has 0 saturated heterocycles. The van der Waals surface area contributed by atoms with E-state index in [0.717, 1.165) is 44.4 Å². The maximum atomic E-state index is 6.23. The highest BCUT2D eigenvalue weighted by Crippen LogP contribution is 2.28. The first-order valence-corrected chi connectivity index (χ1v) is 8.58. The average Bonchev–Trinajstić information content (AvgIpc) is 3.12. The highest BCUT2D eigenvalue weighted by molar-refractivity contribution is 6.31. The molecule has 5 nitrogen and oxygen atoms in total. The van der Waals surface area contributed by atoms with E-state index in [9.17, 15) is 0 Å². The Balaban J connectivity index is 1.64. The lowest BCUT2D eigenvalue weighted by molar-refractivity contribution is 0.415. The fraction of sp³-hybridized carbons (Fsp3) is 0.100. The zero-order valence-electron chi connectivity index (χ0n) is 14.2. The lowest BCUT2D eigenvalue weighted by Crippen LogP contribution is -2.02. The van der Waals surface area contributed by atoms with Gasteiger partial charge in [-0.1, -0.05) is 29.8 Å². The maximum Gasteiger partial charge on any atom is 0.143 e. The van der Waals surface area contributed by atoms with E-state index in [4.69, 9.17) is 16.3 Å². The van der Waals surface area contributed by atoms with E-state index in [1.165, 1.54) is 0 Å². The summed E-state index contributed by atoms with van der Waals surface area (Å²) < 4.78 is 5.21. The van der Waals surface area contributed by atoms with E-state index in [2.05, 4.69) is 20.3 Å². The van der Waals surface area contributed by atoms with Crippen LogP contribution in [0.1, 0.15) is 5.56 Å². The third-order valence-electron chi connectivity index (χ3n) is 4.23. The first-order valence-electron chi connectivity index (χ1n) is 8.20. The molecule has 0 aliphatic rings. The average molecular weight is 365 g/mol. The quantitative estimate of drug-likeness (QED) is 0.528. The molecule has 2 N–H and O–H groups in total. The molecule has 0 amide bonds. The van der Waals surface area contributed by atoms with Gasteiger partial charge in [-0.05, 0) is 47.5 Å². The molecule has 0 aliphatic heterocycles. The minimum absolute atomic E-state index is 0.592. The van der Waals surface area contributed by atoms with Crippen molar-refractivity contribution in [3.63, 3.8) is 0 Å². The summed E-state index contributed by atoms with van der Waals surface area (Å²) in [4.78, 5) is 12.1. The minimum Gasteiger partial charge on any atom is -0.497 e. The highest BCUT2D eigenvalue weighted by Gasteiger charge is 2.10. The number of methoxy groups -OCH3 is 1. The van der Waals surface area contributed by atoms with Gasteiger partial charge < -0.3 is 15.0 Å². The molecular formula is C20H17ClN4O. The Labute approximate surface area is 156 Å². The van der Waals surface area contributed by atoms with Crippen molar-refractivity contribution in [2.45, 2.75) is 6.54 Å². The smallest absolute Gasteiger partial charge is 0.143 e. The summed E-state index contributed by atoms with van der Waals surface area (Å²) in [6.07, 6.45) is 1.55. The Hall–Kier alpha value is -3.05. The maximum absolute atomic E-state index is 6.23. The van der Waals surface area contributed by atoms with Crippen LogP contribution in [-0.4, -0.2) is 22.1 Å². The van der Waals surface area contributed by atoms with Crippen molar-refractivity contribution in [1.29, 1.82) is 0 Å². The molecule has 0 spiro atoms. The fourth-order valence-corrected chi connectivity index (χ4v) is 3.03. The van der Waals surface area contributed by atoms with Crippen molar-refractivity contribution in [1.82, 2.24) is 15.0 Å². The Morgan fingerprint density at radius 3 is 2.65 bits per heavy atom. The zero-order valence-corrected chi connectivity index (χ0v) is 14.9. The lowest BCUT2D eigenvalue weighted by atomic mass is 10.1. The van der Waals surface area contributed by atoms with Crippen molar-refractivity contribution < 1.29 is 4.74 Å². The van der Waals surface area contributed by atoms with Crippen LogP contribution in [0.2, 0.25) is 5.02 Å². The summed E-state index contributed by atoms with van der Waals surface area (Å²) in [5, 5.41) is 5.02. The van der Waals surface area contributed by atoms with Gasteiger partial charge in [0.15, 0.2) is 0 Å². The molecule has 2 aromatic carbocycles. The number of ether oxygens (including phenoxy) is 1. The van der Waals surface area contributed by atoms with E-state index in [1.807, 2.05) is 54.6 Å². The van der Waals surface area contributed by atoms with Gasteiger partial charge in [-0.15, -0.1) is 0 Å². The molecule has 2 heterocycles. The molecule has 0 fully saturated rings. The van der Waals surface area contributed by atoms with E-state index < -0.39 is 0 Å². The molecule has 0 bridgehead atoms. The molecule has 2 aromatic heterocycles. The van der Waals surface area contributed by atoms with Crippen molar-refractivity contribution in [2.24, 2.45) is 0 Å². The van der Waals surface area contributed by atoms with Crippen molar-refractivity contribution in [3.8, 4) is 17.0 Å². The van der Waals surface area contributed by atoms with E-state index in [-0.39, 0.29) is 0 Å². The number of H-pyrrole nitrogens is 1. The Bertz CT molecular complexity index is 1040. The standard InChI is InChI=1S/C20H17ClN4O/c1-26-15-8-6-13(7-9-15)18-10-16-19(23-12-24-20(16)25-18)22-11-14-4-2-3-5-17(14)21/h2-10,12H,11H2,1H3,(H2,22,23,24,25). The van der Waals surface area contributed by atoms with Gasteiger partial charge in [0.2, 0.25) is 0 Å². The molecule has 0 saturated carbocycles. The Morgan fingerprint density at radius 1 is 1.08 bits per heavy atom. The summed E-state index contributed by atoms with van der Waals surface area (Å²) >= 11 is 6.23. The van der Waals surface area contributed by atoms with Gasteiger partial charge in [-0.2, -0.15) is 0 Å². The number of aromatic nitrogens is 3. The van der Waals surface area contributed by atoms with Crippen LogP contribution in [0.25, 0.3) is 22.3 Å². The number of nitrogens with one attached hydrogen (secondary N) is 2. The summed E-state index contributed by atoms with van der Waals surface area (Å²) in [6, 6.07) is 17.7. The van der Waals surface area contributed by atoms with Crippen molar-refractivity contribution in [3.05, 3.63) is 71.5 Å². The number of hydrogen-bond acceptors (Lipinski definition) is 4. The number of nitrogens with zero attached hydrogens (tertiary/aromatic N) is 2. The molecule has 0 atom stereocenters. The van der Waals surface area contributed by atoms with Crippen molar-refractivity contribution >= 4 is 28.5 Å². The van der Waals surface area contributed by atoms with Gasteiger partial charge in [0.25, 0.3) is 0 Å². The molecule has 130 valence electrons. The van der Waals surface area contributed by atoms with Crippen LogP contribution in [-0.2, 0) is 6.54 Å². The van der Waals surface area contributed by atoms with Crippen LogP contribution < -0.4 is 10.1 Å². The third kappa shape index (κ3) is 3.21. The minimum atomic E-state index is 0.592. The highest BCUT2D eigenvalue weighted by atomic mass is 35.5. The topological polar surface area (TPSA) is 62.8 Å². The normalized spacial score (nSPS) is 10.8. The monoisotopic (exact) mass is 364 g/mol. The third-order valence-corrected chi connectivity index (χ3v) is 4.60. The van der Waals surface area contributed by atoms with Gasteiger partial charge in [-0.3, -0.25) is 0 Å². The number of aromatic amines is 1. The van der Waals surface area contributed by atoms with Gasteiger partial charge in [-0.25, -0.2) is 9.97 Å². The van der Waals surface area contributed by atoms with Gasteiger partial charge in [0, 0.05) is 17.3 Å². The SMILES string of the molecule is COc1ccc(-c2cc3c(NCc4ccccc4Cl)ncnc3[nH]2)cc1. The van der Waals surface area contributed by atoms with E-state index >= 15 is 0 Å². The molecule has 0 unspecified atom stereocenters. The molecular weight excluding hydrogens is 348 g/mol. The largest absolute Gasteiger partial charge is 0.497 e. The number of fused-ring (bicyclic) bond motifs is 1. The molecule has 0 aliphatic carbocycles. The summed E-state index contributed by atoms with van der Waals surface area (Å²) in [5.41, 5.74) is 3.84. The lowest BCUT2D eigenvalue weighted by Gasteiger charge is -2.07. The molecule has 26 heavy (non-hydrogen) atoms. The van der Waals surface area contributed by atoms with Crippen LogP contribution in [0.3, 0.4) is 0 Å². The van der Waals surface area contributed by atoms with Crippen molar-refractivity contribution in [2.75, 3.05) is 12.4 Å². The summed E-state index contributed by atoms with van der Waals surface area (Å²) in [6.45, 7) is 0.592. The summed E-state index contributed by atoms with van der Waals surface area (Å²) in [5.74, 6) is 1.60. The van der Waals surface area contributed by atoms with Crippen LogP contribution >= 0.6 is 11.6 Å². The van der Waals surface area contributed by atoms with Crippen LogP contribution in [0.5, 0.6) is 5.75 Å².